The summed E-state index contributed by atoms with van der Waals surface area (Å²) in [6.45, 7) is 16.6. The molecule has 11 heteroatoms. The Labute approximate surface area is 269 Å². The van der Waals surface area contributed by atoms with Crippen molar-refractivity contribution in [2.24, 2.45) is 5.92 Å². The summed E-state index contributed by atoms with van der Waals surface area (Å²) in [4.78, 5) is 35.6. The zero-order valence-electron chi connectivity index (χ0n) is 26.6. The first kappa shape index (κ1) is 34.1. The zero-order valence-corrected chi connectivity index (χ0v) is 27.4. The number of carbonyl (C=O) groups excluding carboxylic acids is 1. The van der Waals surface area contributed by atoms with E-state index in [1.54, 1.807) is 18.3 Å². The summed E-state index contributed by atoms with van der Waals surface area (Å²) in [5.74, 6) is 2.39. The van der Waals surface area contributed by atoms with Crippen LogP contribution in [0, 0.1) is 5.92 Å². The van der Waals surface area contributed by atoms with E-state index in [0.717, 1.165) is 66.1 Å². The van der Waals surface area contributed by atoms with Gasteiger partial charge in [0.05, 0.1) is 11.6 Å². The first-order chi connectivity index (χ1) is 21.6. The molecule has 2 aliphatic rings. The Morgan fingerprint density at radius 2 is 1.96 bits per heavy atom. The smallest absolute Gasteiger partial charge is 0.293 e. The van der Waals surface area contributed by atoms with Gasteiger partial charge in [0.15, 0.2) is 17.2 Å². The lowest BCUT2D eigenvalue weighted by Crippen LogP contribution is -2.35. The number of pyridine rings is 1. The fourth-order valence-electron chi connectivity index (χ4n) is 5.43. The Morgan fingerprint density at radius 3 is 2.62 bits per heavy atom. The summed E-state index contributed by atoms with van der Waals surface area (Å²) in [6.07, 6.45) is 6.65. The Hall–Kier alpha value is -3.73. The molecule has 0 bridgehead atoms. The van der Waals surface area contributed by atoms with E-state index in [2.05, 4.69) is 38.4 Å². The van der Waals surface area contributed by atoms with E-state index in [9.17, 15) is 9.59 Å². The van der Waals surface area contributed by atoms with E-state index in [-0.39, 0.29) is 11.2 Å². The van der Waals surface area contributed by atoms with Gasteiger partial charge in [-0.3, -0.25) is 9.59 Å². The third kappa shape index (κ3) is 9.39. The average molecular weight is 638 g/mol. The number of halogens is 1. The molecule has 1 aromatic carbocycles. The van der Waals surface area contributed by atoms with Gasteiger partial charge in [-0.15, -0.1) is 6.58 Å². The molecule has 0 aliphatic carbocycles. The lowest BCUT2D eigenvalue weighted by atomic mass is 9.83. The van der Waals surface area contributed by atoms with Crippen LogP contribution in [-0.4, -0.2) is 59.8 Å². The Balaban J connectivity index is 0.000000180. The van der Waals surface area contributed by atoms with Crippen molar-refractivity contribution in [2.45, 2.75) is 65.1 Å². The number of hydrogen-bond donors (Lipinski definition) is 2. The number of rotatable bonds is 7. The molecule has 2 saturated heterocycles. The Morgan fingerprint density at radius 1 is 1.20 bits per heavy atom. The molecule has 0 radical (unpaired) electrons. The fourth-order valence-corrected chi connectivity index (χ4v) is 5.60. The Bertz CT molecular complexity index is 1620. The summed E-state index contributed by atoms with van der Waals surface area (Å²) in [7, 11) is 0. The topological polar surface area (TPSA) is 123 Å². The highest BCUT2D eigenvalue weighted by atomic mass is 35.5. The highest BCUT2D eigenvalue weighted by Crippen LogP contribution is 2.34. The number of anilines is 1. The second-order valence-electron chi connectivity index (χ2n) is 12.2. The highest BCUT2D eigenvalue weighted by molar-refractivity contribution is 6.30. The number of aromatic nitrogens is 3. The van der Waals surface area contributed by atoms with Gasteiger partial charge in [-0.1, -0.05) is 36.7 Å². The van der Waals surface area contributed by atoms with Gasteiger partial charge in [-0.05, 0) is 83.2 Å². The molecule has 4 aromatic rings. The molecule has 242 valence electrons. The van der Waals surface area contributed by atoms with Crippen molar-refractivity contribution < 1.29 is 18.7 Å². The molecule has 2 atom stereocenters. The van der Waals surface area contributed by atoms with Crippen LogP contribution < -0.4 is 15.8 Å². The van der Waals surface area contributed by atoms with Crippen molar-refractivity contribution >= 4 is 46.0 Å². The maximum Gasteiger partial charge on any atom is 0.293 e. The molecule has 2 aliphatic heterocycles. The van der Waals surface area contributed by atoms with Gasteiger partial charge in [-0.25, -0.2) is 9.97 Å². The van der Waals surface area contributed by atoms with Gasteiger partial charge in [0, 0.05) is 30.2 Å². The SMILES string of the molecule is C=CCOCc1nc(N2CCCC2)c2oc3ccccc3c2n1.CC(C)(C)OC=O.CC1CNCCC1c1cc(Cl)c[nH]c1=O. The molecule has 3 aromatic heterocycles. The van der Waals surface area contributed by atoms with Crippen molar-refractivity contribution in [3.63, 3.8) is 0 Å². The summed E-state index contributed by atoms with van der Waals surface area (Å²) < 4.78 is 16.1. The zero-order chi connectivity index (χ0) is 32.4. The van der Waals surface area contributed by atoms with Gasteiger partial charge in [-0.2, -0.15) is 0 Å². The average Bonchev–Trinajstić information content (AvgIpc) is 3.68. The molecular weight excluding hydrogens is 594 g/mol. The predicted octanol–water partition coefficient (Wildman–Crippen LogP) is 6.38. The van der Waals surface area contributed by atoms with Crippen LogP contribution in [0.2, 0.25) is 5.02 Å². The minimum Gasteiger partial charge on any atom is -0.462 e. The van der Waals surface area contributed by atoms with Crippen LogP contribution in [0.25, 0.3) is 22.1 Å². The van der Waals surface area contributed by atoms with Gasteiger partial charge in [0.25, 0.3) is 12.0 Å². The molecular formula is C34H44ClN5O5. The van der Waals surface area contributed by atoms with Crippen LogP contribution in [-0.2, 0) is 20.9 Å². The van der Waals surface area contributed by atoms with Crippen LogP contribution in [0.15, 0.2) is 58.4 Å². The quantitative estimate of drug-likeness (QED) is 0.135. The largest absolute Gasteiger partial charge is 0.462 e. The molecule has 45 heavy (non-hydrogen) atoms. The first-order valence-electron chi connectivity index (χ1n) is 15.4. The van der Waals surface area contributed by atoms with E-state index in [1.807, 2.05) is 45.0 Å². The maximum atomic E-state index is 11.7. The van der Waals surface area contributed by atoms with Gasteiger partial charge >= 0.3 is 0 Å². The van der Waals surface area contributed by atoms with E-state index < -0.39 is 0 Å². The number of piperidine rings is 1. The molecule has 2 unspecified atom stereocenters. The third-order valence-electron chi connectivity index (χ3n) is 7.60. The number of fused-ring (bicyclic) bond motifs is 3. The number of nitrogens with zero attached hydrogens (tertiary/aromatic N) is 3. The third-order valence-corrected chi connectivity index (χ3v) is 7.82. The standard InChI is InChI=1S/C18H19N3O2.C11H15ClN2O.C5H10O2/c1-2-11-22-12-15-19-16-13-7-3-4-8-14(13)23-17(16)18(20-15)21-9-5-6-10-21;1-7-5-13-3-2-9(7)10-4-8(12)6-14-11(10)15;1-5(2,3)7-4-6/h2-4,7-8H,1,5-6,9-12H2;4,6-7,9,13H,2-3,5H2,1H3,(H,14,15);4H,1-3H3. The van der Waals surface area contributed by atoms with E-state index >= 15 is 0 Å². The second kappa shape index (κ2) is 16.0. The molecule has 2 N–H and O–H groups in total. The molecule has 6 rings (SSSR count). The minimum absolute atomic E-state index is 0.00171. The number of nitrogens with one attached hydrogen (secondary N) is 2. The summed E-state index contributed by atoms with van der Waals surface area (Å²) in [5, 5.41) is 4.95. The Kier molecular flexibility index (Phi) is 12.2. The molecule has 0 saturated carbocycles. The highest BCUT2D eigenvalue weighted by Gasteiger charge is 2.25. The first-order valence-corrected chi connectivity index (χ1v) is 15.8. The lowest BCUT2D eigenvalue weighted by Gasteiger charge is -2.29. The van der Waals surface area contributed by atoms with Crippen molar-refractivity contribution in [1.29, 1.82) is 0 Å². The van der Waals surface area contributed by atoms with Crippen LogP contribution >= 0.6 is 11.6 Å². The van der Waals surface area contributed by atoms with E-state index in [1.165, 1.54) is 12.8 Å². The molecule has 5 heterocycles. The van der Waals surface area contributed by atoms with Gasteiger partial charge < -0.3 is 29.1 Å². The summed E-state index contributed by atoms with van der Waals surface area (Å²) in [5.41, 5.74) is 3.01. The van der Waals surface area contributed by atoms with Gasteiger partial charge in [0.1, 0.15) is 23.3 Å². The number of furan rings is 1. The molecule has 2 fully saturated rings. The second-order valence-corrected chi connectivity index (χ2v) is 12.7. The van der Waals surface area contributed by atoms with Crippen LogP contribution in [0.5, 0.6) is 0 Å². The number of benzene rings is 1. The van der Waals surface area contributed by atoms with Crippen molar-refractivity contribution in [2.75, 3.05) is 37.7 Å². The van der Waals surface area contributed by atoms with Crippen LogP contribution in [0.1, 0.15) is 64.3 Å². The number of ether oxygens (including phenoxy) is 2. The molecule has 0 amide bonds. The summed E-state index contributed by atoms with van der Waals surface area (Å²) >= 11 is 5.90. The van der Waals surface area contributed by atoms with Gasteiger partial charge in [0.2, 0.25) is 0 Å². The number of carbonyl (C=O) groups is 1. The number of hydrogen-bond acceptors (Lipinski definition) is 9. The monoisotopic (exact) mass is 637 g/mol. The van der Waals surface area contributed by atoms with E-state index in [4.69, 9.17) is 25.7 Å². The van der Waals surface area contributed by atoms with E-state index in [0.29, 0.717) is 42.4 Å². The van der Waals surface area contributed by atoms with Crippen LogP contribution in [0.3, 0.4) is 0 Å². The van der Waals surface area contributed by atoms with Crippen molar-refractivity contribution in [3.05, 3.63) is 75.9 Å². The normalized spacial score (nSPS) is 18.1. The van der Waals surface area contributed by atoms with Crippen molar-refractivity contribution in [1.82, 2.24) is 20.3 Å². The molecule has 10 nitrogen and oxygen atoms in total. The molecule has 0 spiro atoms. The summed E-state index contributed by atoms with van der Waals surface area (Å²) in [6, 6.07) is 9.78. The predicted molar refractivity (Wildman–Crippen MR) is 179 cm³/mol. The van der Waals surface area contributed by atoms with Crippen molar-refractivity contribution in [3.8, 4) is 0 Å². The van der Waals surface area contributed by atoms with Crippen LogP contribution in [0.4, 0.5) is 5.82 Å². The maximum absolute atomic E-state index is 11.7. The lowest BCUT2D eigenvalue weighted by molar-refractivity contribution is -0.138. The number of para-hydroxylation sites is 1. The number of H-pyrrole nitrogens is 1. The minimum atomic E-state index is -0.318. The number of aromatic amines is 1. The fraction of sp³-hybridized carbons (Fsp3) is 0.471.